The van der Waals surface area contributed by atoms with Gasteiger partial charge in [0.2, 0.25) is 0 Å². The molecule has 1 aliphatic rings. The molecular formula is C14H22N2O2. The number of hydrogen-bond acceptors (Lipinski definition) is 4. The van der Waals surface area contributed by atoms with Crippen LogP contribution in [0.3, 0.4) is 0 Å². The van der Waals surface area contributed by atoms with Gasteiger partial charge in [-0.05, 0) is 38.3 Å². The second-order valence-electron chi connectivity index (χ2n) is 4.69. The molecule has 0 saturated carbocycles. The first-order chi connectivity index (χ1) is 8.72. The highest BCUT2D eigenvalue weighted by Gasteiger charge is 2.18. The minimum atomic E-state index is 0.348. The van der Waals surface area contributed by atoms with Crippen molar-refractivity contribution in [3.05, 3.63) is 23.8 Å². The van der Waals surface area contributed by atoms with Crippen molar-refractivity contribution < 1.29 is 9.47 Å². The number of hydrogen-bond donors (Lipinski definition) is 1. The average Bonchev–Trinajstić information content (AvgIpc) is 2.38. The van der Waals surface area contributed by atoms with Crippen LogP contribution in [0.5, 0.6) is 11.5 Å². The van der Waals surface area contributed by atoms with Crippen molar-refractivity contribution in [3.63, 3.8) is 0 Å². The molecule has 100 valence electrons. The van der Waals surface area contributed by atoms with E-state index < -0.39 is 0 Å². The van der Waals surface area contributed by atoms with Crippen molar-refractivity contribution in [2.75, 3.05) is 40.4 Å². The lowest BCUT2D eigenvalue weighted by molar-refractivity contribution is 0.171. The molecule has 2 rings (SSSR count). The summed E-state index contributed by atoms with van der Waals surface area (Å²) < 4.78 is 11.2. The fourth-order valence-electron chi connectivity index (χ4n) is 2.15. The van der Waals surface area contributed by atoms with E-state index in [0.717, 1.165) is 24.6 Å². The van der Waals surface area contributed by atoms with E-state index in [4.69, 9.17) is 9.47 Å². The quantitative estimate of drug-likeness (QED) is 0.862. The van der Waals surface area contributed by atoms with Crippen molar-refractivity contribution >= 4 is 0 Å². The highest BCUT2D eigenvalue weighted by Crippen LogP contribution is 2.33. The summed E-state index contributed by atoms with van der Waals surface area (Å²) in [4.78, 5) is 2.22. The lowest BCUT2D eigenvalue weighted by Gasteiger charge is -2.27. The summed E-state index contributed by atoms with van der Waals surface area (Å²) in [6, 6.07) is 6.57. The Labute approximate surface area is 109 Å². The Kier molecular flexibility index (Phi) is 4.44. The fourth-order valence-corrected chi connectivity index (χ4v) is 2.15. The summed E-state index contributed by atoms with van der Waals surface area (Å²) in [6.45, 7) is 5.31. The van der Waals surface area contributed by atoms with Crippen LogP contribution in [0.15, 0.2) is 18.2 Å². The second-order valence-corrected chi connectivity index (χ2v) is 4.69. The zero-order chi connectivity index (χ0) is 13.0. The molecule has 4 heteroatoms. The van der Waals surface area contributed by atoms with E-state index in [9.17, 15) is 0 Å². The highest BCUT2D eigenvalue weighted by atomic mass is 16.6. The van der Waals surface area contributed by atoms with Gasteiger partial charge in [-0.25, -0.2) is 0 Å². The molecule has 1 aromatic carbocycles. The summed E-state index contributed by atoms with van der Waals surface area (Å²) in [5, 5.41) is 3.39. The van der Waals surface area contributed by atoms with Gasteiger partial charge in [0.15, 0.2) is 11.5 Å². The maximum absolute atomic E-state index is 5.63. The van der Waals surface area contributed by atoms with Crippen LogP contribution in [0, 0.1) is 0 Å². The number of nitrogens with zero attached hydrogens (tertiary/aromatic N) is 1. The van der Waals surface area contributed by atoms with Crippen LogP contribution in [-0.4, -0.2) is 45.3 Å². The molecule has 1 aromatic rings. The van der Waals surface area contributed by atoms with Crippen LogP contribution < -0.4 is 14.8 Å². The molecule has 4 nitrogen and oxygen atoms in total. The van der Waals surface area contributed by atoms with Crippen molar-refractivity contribution in [1.82, 2.24) is 10.2 Å². The third-order valence-electron chi connectivity index (χ3n) is 3.16. The second kappa shape index (κ2) is 6.07. The normalized spacial score (nSPS) is 15.8. The first kappa shape index (κ1) is 13.2. The van der Waals surface area contributed by atoms with Gasteiger partial charge < -0.3 is 19.7 Å². The molecule has 18 heavy (non-hydrogen) atoms. The Balaban J connectivity index is 2.19. The zero-order valence-corrected chi connectivity index (χ0v) is 11.4. The van der Waals surface area contributed by atoms with E-state index in [-0.39, 0.29) is 0 Å². The number of fused-ring (bicyclic) bond motifs is 1. The summed E-state index contributed by atoms with van der Waals surface area (Å²) in [7, 11) is 4.19. The van der Waals surface area contributed by atoms with Crippen LogP contribution in [0.25, 0.3) is 0 Å². The predicted octanol–water partition coefficient (Wildman–Crippen LogP) is 1.67. The first-order valence-corrected chi connectivity index (χ1v) is 6.49. The van der Waals surface area contributed by atoms with E-state index in [2.05, 4.69) is 43.4 Å². The molecule has 0 radical (unpaired) electrons. The summed E-state index contributed by atoms with van der Waals surface area (Å²) in [5.41, 5.74) is 1.25. The van der Waals surface area contributed by atoms with Crippen LogP contribution >= 0.6 is 0 Å². The monoisotopic (exact) mass is 250 g/mol. The van der Waals surface area contributed by atoms with Gasteiger partial charge in [-0.3, -0.25) is 0 Å². The van der Waals surface area contributed by atoms with Gasteiger partial charge in [-0.2, -0.15) is 0 Å². The van der Waals surface area contributed by atoms with E-state index in [1.54, 1.807) is 0 Å². The third kappa shape index (κ3) is 2.94. The molecule has 0 bridgehead atoms. The SMILES string of the molecule is CCNCC(c1ccc2c(c1)OCCO2)N(C)C. The number of ether oxygens (including phenoxy) is 2. The van der Waals surface area contributed by atoms with Gasteiger partial charge >= 0.3 is 0 Å². The molecule has 1 heterocycles. The Hall–Kier alpha value is -1.26. The standard InChI is InChI=1S/C14H22N2O2/c1-4-15-10-12(16(2)3)11-5-6-13-14(9-11)18-8-7-17-13/h5-6,9,12,15H,4,7-8,10H2,1-3H3. The van der Waals surface area contributed by atoms with E-state index >= 15 is 0 Å². The lowest BCUT2D eigenvalue weighted by Crippen LogP contribution is -2.31. The van der Waals surface area contributed by atoms with Crippen LogP contribution in [0.2, 0.25) is 0 Å². The topological polar surface area (TPSA) is 33.7 Å². The maximum Gasteiger partial charge on any atom is 0.161 e. The third-order valence-corrected chi connectivity index (χ3v) is 3.16. The van der Waals surface area contributed by atoms with Crippen molar-refractivity contribution in [2.45, 2.75) is 13.0 Å². The van der Waals surface area contributed by atoms with Crippen LogP contribution in [0.1, 0.15) is 18.5 Å². The average molecular weight is 250 g/mol. The molecule has 1 atom stereocenters. The molecule has 0 saturated heterocycles. The molecular weight excluding hydrogens is 228 g/mol. The van der Waals surface area contributed by atoms with Gasteiger partial charge in [-0.1, -0.05) is 13.0 Å². The van der Waals surface area contributed by atoms with E-state index in [1.165, 1.54) is 5.56 Å². The molecule has 0 aromatic heterocycles. The summed E-state index contributed by atoms with van der Waals surface area (Å²) in [6.07, 6.45) is 0. The van der Waals surface area contributed by atoms with E-state index in [0.29, 0.717) is 19.3 Å². The first-order valence-electron chi connectivity index (χ1n) is 6.49. The molecule has 0 aliphatic carbocycles. The smallest absolute Gasteiger partial charge is 0.161 e. The minimum absolute atomic E-state index is 0.348. The van der Waals surface area contributed by atoms with Gasteiger partial charge in [0, 0.05) is 12.6 Å². The van der Waals surface area contributed by atoms with Crippen molar-refractivity contribution in [1.29, 1.82) is 0 Å². The molecule has 0 fully saturated rings. The summed E-state index contributed by atoms with van der Waals surface area (Å²) >= 11 is 0. The zero-order valence-electron chi connectivity index (χ0n) is 11.4. The van der Waals surface area contributed by atoms with Gasteiger partial charge in [0.1, 0.15) is 13.2 Å². The van der Waals surface area contributed by atoms with Crippen LogP contribution in [-0.2, 0) is 0 Å². The molecule has 1 N–H and O–H groups in total. The van der Waals surface area contributed by atoms with Gasteiger partial charge in [0.25, 0.3) is 0 Å². The number of likely N-dealkylation sites (N-methyl/N-ethyl adjacent to an activating group) is 2. The molecule has 1 aliphatic heterocycles. The number of rotatable bonds is 5. The summed E-state index contributed by atoms with van der Waals surface area (Å²) in [5.74, 6) is 1.72. The predicted molar refractivity (Wildman–Crippen MR) is 72.4 cm³/mol. The van der Waals surface area contributed by atoms with E-state index in [1.807, 2.05) is 6.07 Å². The lowest BCUT2D eigenvalue weighted by atomic mass is 10.0. The molecule has 0 spiro atoms. The minimum Gasteiger partial charge on any atom is -0.486 e. The highest BCUT2D eigenvalue weighted by molar-refractivity contribution is 5.44. The van der Waals surface area contributed by atoms with Gasteiger partial charge in [-0.15, -0.1) is 0 Å². The Morgan fingerprint density at radius 2 is 1.94 bits per heavy atom. The molecule has 1 unspecified atom stereocenters. The largest absolute Gasteiger partial charge is 0.486 e. The Morgan fingerprint density at radius 3 is 2.61 bits per heavy atom. The van der Waals surface area contributed by atoms with Crippen molar-refractivity contribution in [2.24, 2.45) is 0 Å². The number of benzene rings is 1. The van der Waals surface area contributed by atoms with Crippen LogP contribution in [0.4, 0.5) is 0 Å². The van der Waals surface area contributed by atoms with Gasteiger partial charge in [0.05, 0.1) is 0 Å². The van der Waals surface area contributed by atoms with Crippen molar-refractivity contribution in [3.8, 4) is 11.5 Å². The Bertz CT molecular complexity index is 393. The molecule has 0 amide bonds. The Morgan fingerprint density at radius 1 is 1.22 bits per heavy atom. The number of nitrogens with one attached hydrogen (secondary N) is 1. The fraction of sp³-hybridized carbons (Fsp3) is 0.571. The maximum atomic E-state index is 5.63.